The molecule has 22 heavy (non-hydrogen) atoms. The van der Waals surface area contributed by atoms with Gasteiger partial charge in [0.2, 0.25) is 0 Å². The molecule has 1 N–H and O–H groups in total. The fraction of sp³-hybridized carbons (Fsp3) is 0.706. The van der Waals surface area contributed by atoms with Crippen LogP contribution in [0.4, 0.5) is 4.79 Å². The molecule has 126 valence electrons. The monoisotopic (exact) mass is 326 g/mol. The number of carbonyl (C=O) groups excluding carboxylic acids is 1. The van der Waals surface area contributed by atoms with Gasteiger partial charge in [0.05, 0.1) is 0 Å². The molecule has 0 saturated carbocycles. The Hall–Kier alpha value is -1.07. The van der Waals surface area contributed by atoms with Gasteiger partial charge < -0.3 is 15.0 Å². The number of amides is 1. The van der Waals surface area contributed by atoms with E-state index in [4.69, 9.17) is 4.74 Å². The van der Waals surface area contributed by atoms with Gasteiger partial charge in [0.15, 0.2) is 0 Å². The molecule has 0 radical (unpaired) electrons. The second-order valence-corrected chi connectivity index (χ2v) is 8.86. The second-order valence-electron chi connectivity index (χ2n) is 7.49. The van der Waals surface area contributed by atoms with Gasteiger partial charge in [-0.3, -0.25) is 0 Å². The van der Waals surface area contributed by atoms with Crippen LogP contribution in [0.2, 0.25) is 0 Å². The van der Waals surface area contributed by atoms with E-state index in [1.54, 1.807) is 16.2 Å². The minimum atomic E-state index is -0.470. The summed E-state index contributed by atoms with van der Waals surface area (Å²) < 4.78 is 5.51. The number of nitrogens with zero attached hydrogens (tertiary/aromatic N) is 1. The number of ether oxygens (including phenoxy) is 1. The smallest absolute Gasteiger partial charge is 0.410 e. The highest BCUT2D eigenvalue weighted by Gasteiger charge is 2.30. The number of hydrogen-bond acceptors (Lipinski definition) is 4. The molecule has 4 nitrogen and oxygen atoms in total. The van der Waals surface area contributed by atoms with Gasteiger partial charge in [0.1, 0.15) is 5.60 Å². The average molecular weight is 327 g/mol. The van der Waals surface area contributed by atoms with E-state index < -0.39 is 5.60 Å². The first-order valence-electron chi connectivity index (χ1n) is 7.76. The van der Waals surface area contributed by atoms with Gasteiger partial charge in [0, 0.05) is 34.9 Å². The first-order valence-corrected chi connectivity index (χ1v) is 8.57. The summed E-state index contributed by atoms with van der Waals surface area (Å²) in [5, 5.41) is 3.40. The van der Waals surface area contributed by atoms with E-state index >= 15 is 0 Å². The molecule has 1 amide bonds. The standard InChI is InChI=1S/C17H30N2O2S/c1-13-8-9-14(22-13)12-18-10-11-19(16(2,3)4)15(20)21-17(5,6)7/h8-9,18H,10-12H2,1-7H3. The van der Waals surface area contributed by atoms with Crippen molar-refractivity contribution in [3.63, 3.8) is 0 Å². The maximum Gasteiger partial charge on any atom is 0.410 e. The van der Waals surface area contributed by atoms with Gasteiger partial charge >= 0.3 is 6.09 Å². The predicted octanol–water partition coefficient (Wildman–Crippen LogP) is 4.18. The summed E-state index contributed by atoms with van der Waals surface area (Å²) in [6, 6.07) is 4.27. The molecule has 0 aliphatic rings. The molecular formula is C17H30N2O2S. The number of nitrogens with one attached hydrogen (secondary N) is 1. The van der Waals surface area contributed by atoms with Crippen molar-refractivity contribution >= 4 is 17.4 Å². The number of aryl methyl sites for hydroxylation is 1. The molecule has 1 aromatic rings. The van der Waals surface area contributed by atoms with E-state index in [1.807, 2.05) is 41.5 Å². The zero-order valence-corrected chi connectivity index (χ0v) is 15.8. The van der Waals surface area contributed by atoms with E-state index in [0.29, 0.717) is 6.54 Å². The molecule has 0 spiro atoms. The van der Waals surface area contributed by atoms with Crippen molar-refractivity contribution in [2.45, 2.75) is 66.2 Å². The maximum atomic E-state index is 12.4. The molecule has 0 aromatic carbocycles. The lowest BCUT2D eigenvalue weighted by Gasteiger charge is -2.36. The Labute approximate surface area is 138 Å². The summed E-state index contributed by atoms with van der Waals surface area (Å²) in [5.74, 6) is 0. The molecule has 1 heterocycles. The summed E-state index contributed by atoms with van der Waals surface area (Å²) in [4.78, 5) is 16.8. The van der Waals surface area contributed by atoms with Crippen molar-refractivity contribution in [3.8, 4) is 0 Å². The fourth-order valence-electron chi connectivity index (χ4n) is 2.00. The first-order chi connectivity index (χ1) is 9.99. The van der Waals surface area contributed by atoms with Crippen LogP contribution < -0.4 is 5.32 Å². The lowest BCUT2D eigenvalue weighted by Crippen LogP contribution is -2.50. The van der Waals surface area contributed by atoms with Crippen LogP contribution in [0.15, 0.2) is 12.1 Å². The SMILES string of the molecule is Cc1ccc(CNCCN(C(=O)OC(C)(C)C)C(C)(C)C)s1. The van der Waals surface area contributed by atoms with Gasteiger partial charge in [0.25, 0.3) is 0 Å². The van der Waals surface area contributed by atoms with Crippen LogP contribution in [0.5, 0.6) is 0 Å². The molecule has 0 atom stereocenters. The number of rotatable bonds is 5. The molecule has 1 rings (SSSR count). The molecule has 0 aliphatic heterocycles. The molecule has 5 heteroatoms. The number of thiophene rings is 1. The zero-order chi connectivity index (χ0) is 17.0. The van der Waals surface area contributed by atoms with Crippen molar-refractivity contribution in [1.29, 1.82) is 0 Å². The summed E-state index contributed by atoms with van der Waals surface area (Å²) in [6.07, 6.45) is -0.256. The third-order valence-electron chi connectivity index (χ3n) is 3.03. The minimum absolute atomic E-state index is 0.256. The largest absolute Gasteiger partial charge is 0.444 e. The summed E-state index contributed by atoms with van der Waals surface area (Å²) in [5.41, 5.74) is -0.730. The Kier molecular flexibility index (Phi) is 6.44. The zero-order valence-electron chi connectivity index (χ0n) is 14.9. The predicted molar refractivity (Wildman–Crippen MR) is 93.5 cm³/mol. The van der Waals surface area contributed by atoms with Crippen molar-refractivity contribution < 1.29 is 9.53 Å². The van der Waals surface area contributed by atoms with Gasteiger partial charge in [-0.15, -0.1) is 11.3 Å². The van der Waals surface area contributed by atoms with Crippen molar-refractivity contribution in [1.82, 2.24) is 10.2 Å². The van der Waals surface area contributed by atoms with Gasteiger partial charge in [-0.1, -0.05) is 0 Å². The maximum absolute atomic E-state index is 12.4. The van der Waals surface area contributed by atoms with E-state index in [0.717, 1.165) is 13.1 Å². The van der Waals surface area contributed by atoms with Crippen molar-refractivity contribution in [2.24, 2.45) is 0 Å². The minimum Gasteiger partial charge on any atom is -0.444 e. The highest BCUT2D eigenvalue weighted by atomic mass is 32.1. The molecule has 0 aliphatic carbocycles. The summed E-state index contributed by atoms with van der Waals surface area (Å²) in [7, 11) is 0. The average Bonchev–Trinajstić information content (AvgIpc) is 2.70. The molecule has 0 fully saturated rings. The fourth-order valence-corrected chi connectivity index (χ4v) is 2.86. The number of carbonyl (C=O) groups is 1. The molecule has 0 saturated heterocycles. The normalized spacial score (nSPS) is 12.3. The Morgan fingerprint density at radius 1 is 1.23 bits per heavy atom. The summed E-state index contributed by atoms with van der Waals surface area (Å²) >= 11 is 1.80. The molecule has 0 unspecified atom stereocenters. The molecule has 0 bridgehead atoms. The highest BCUT2D eigenvalue weighted by Crippen LogP contribution is 2.18. The van der Waals surface area contributed by atoms with Crippen LogP contribution in [0, 0.1) is 6.92 Å². The van der Waals surface area contributed by atoms with E-state index in [1.165, 1.54) is 9.75 Å². The van der Waals surface area contributed by atoms with Crippen LogP contribution in [-0.2, 0) is 11.3 Å². The lowest BCUT2D eigenvalue weighted by atomic mass is 10.1. The Balaban J connectivity index is 2.50. The van der Waals surface area contributed by atoms with E-state index in [-0.39, 0.29) is 11.6 Å². The van der Waals surface area contributed by atoms with Gasteiger partial charge in [-0.05, 0) is 60.6 Å². The molecular weight excluding hydrogens is 296 g/mol. The Morgan fingerprint density at radius 3 is 2.32 bits per heavy atom. The quantitative estimate of drug-likeness (QED) is 0.825. The Bertz CT molecular complexity index is 484. The van der Waals surface area contributed by atoms with E-state index in [2.05, 4.69) is 24.4 Å². The molecule has 1 aromatic heterocycles. The summed E-state index contributed by atoms with van der Waals surface area (Å²) in [6.45, 7) is 16.1. The topological polar surface area (TPSA) is 41.6 Å². The lowest BCUT2D eigenvalue weighted by molar-refractivity contribution is 0.00664. The van der Waals surface area contributed by atoms with Gasteiger partial charge in [-0.25, -0.2) is 4.79 Å². The van der Waals surface area contributed by atoms with Crippen molar-refractivity contribution in [2.75, 3.05) is 13.1 Å². The van der Waals surface area contributed by atoms with Gasteiger partial charge in [-0.2, -0.15) is 0 Å². The third-order valence-corrected chi connectivity index (χ3v) is 4.03. The second kappa shape index (κ2) is 7.47. The van der Waals surface area contributed by atoms with Crippen LogP contribution in [-0.4, -0.2) is 35.2 Å². The van der Waals surface area contributed by atoms with Crippen LogP contribution in [0.3, 0.4) is 0 Å². The third kappa shape index (κ3) is 6.79. The van der Waals surface area contributed by atoms with Crippen LogP contribution in [0.1, 0.15) is 51.3 Å². The first kappa shape index (κ1) is 19.0. The Morgan fingerprint density at radius 2 is 1.86 bits per heavy atom. The van der Waals surface area contributed by atoms with Crippen molar-refractivity contribution in [3.05, 3.63) is 21.9 Å². The van der Waals surface area contributed by atoms with Crippen LogP contribution >= 0.6 is 11.3 Å². The van der Waals surface area contributed by atoms with Crippen LogP contribution in [0.25, 0.3) is 0 Å². The number of hydrogen-bond donors (Lipinski definition) is 1. The van der Waals surface area contributed by atoms with E-state index in [9.17, 15) is 4.79 Å². The highest BCUT2D eigenvalue weighted by molar-refractivity contribution is 7.11.